The molecule has 0 fully saturated rings. The van der Waals surface area contributed by atoms with Crippen LogP contribution in [-0.4, -0.2) is 0 Å². The summed E-state index contributed by atoms with van der Waals surface area (Å²) >= 11 is 1.87. The lowest BCUT2D eigenvalue weighted by Crippen LogP contribution is -2.10. The second kappa shape index (κ2) is 13.8. The third-order valence-corrected chi connectivity index (χ3v) is 12.3. The zero-order valence-electron chi connectivity index (χ0n) is 31.0. The van der Waals surface area contributed by atoms with E-state index in [1.54, 1.807) is 0 Å². The van der Waals surface area contributed by atoms with Gasteiger partial charge in [-0.3, -0.25) is 0 Å². The number of hydrogen-bond donors (Lipinski definition) is 0. The summed E-state index contributed by atoms with van der Waals surface area (Å²) in [5.74, 6) is 0. The fourth-order valence-corrected chi connectivity index (χ4v) is 9.59. The van der Waals surface area contributed by atoms with Crippen LogP contribution in [0.4, 0.5) is 17.1 Å². The minimum atomic E-state index is 0.848. The van der Waals surface area contributed by atoms with Crippen molar-refractivity contribution < 1.29 is 4.42 Å². The Hall–Kier alpha value is -7.20. The highest BCUT2D eigenvalue weighted by Crippen LogP contribution is 2.47. The Kier molecular flexibility index (Phi) is 8.04. The molecule has 0 aliphatic carbocycles. The average molecular weight is 746 g/mol. The van der Waals surface area contributed by atoms with E-state index in [0.29, 0.717) is 0 Å². The normalized spacial score (nSPS) is 11.5. The molecule has 57 heavy (non-hydrogen) atoms. The molecule has 2 nitrogen and oxygen atoms in total. The molecule has 2 heterocycles. The van der Waals surface area contributed by atoms with Gasteiger partial charge in [0.2, 0.25) is 0 Å². The van der Waals surface area contributed by atoms with E-state index in [0.717, 1.165) is 72.4 Å². The number of nitrogens with zero attached hydrogens (tertiary/aromatic N) is 1. The minimum Gasteiger partial charge on any atom is -0.453 e. The topological polar surface area (TPSA) is 16.4 Å². The fourth-order valence-electron chi connectivity index (χ4n) is 8.35. The van der Waals surface area contributed by atoms with Gasteiger partial charge in [0, 0.05) is 47.9 Å². The average Bonchev–Trinajstić information content (AvgIpc) is 3.87. The lowest BCUT2D eigenvalue weighted by atomic mass is 9.97. The summed E-state index contributed by atoms with van der Waals surface area (Å²) in [6.07, 6.45) is 0. The summed E-state index contributed by atoms with van der Waals surface area (Å²) in [5.41, 5.74) is 14.1. The first-order chi connectivity index (χ1) is 28.3. The number of rotatable bonds is 7. The Morgan fingerprint density at radius 1 is 0.333 bits per heavy atom. The van der Waals surface area contributed by atoms with Crippen molar-refractivity contribution in [3.8, 4) is 44.5 Å². The summed E-state index contributed by atoms with van der Waals surface area (Å²) in [5, 5.41) is 4.80. The van der Waals surface area contributed by atoms with Crippen LogP contribution in [-0.2, 0) is 0 Å². The van der Waals surface area contributed by atoms with Crippen LogP contribution in [0.3, 0.4) is 0 Å². The number of fused-ring (bicyclic) bond motifs is 6. The van der Waals surface area contributed by atoms with Crippen molar-refractivity contribution >= 4 is 70.5 Å². The van der Waals surface area contributed by atoms with E-state index in [-0.39, 0.29) is 0 Å². The van der Waals surface area contributed by atoms with Crippen molar-refractivity contribution in [2.24, 2.45) is 0 Å². The molecule has 0 spiro atoms. The molecular formula is C54H35NOS. The van der Waals surface area contributed by atoms with Gasteiger partial charge in [-0.05, 0) is 81.4 Å². The molecule has 0 saturated heterocycles. The predicted molar refractivity (Wildman–Crippen MR) is 243 cm³/mol. The molecular weight excluding hydrogens is 711 g/mol. The Bertz CT molecular complexity index is 3160. The number of thiophene rings is 1. The smallest absolute Gasteiger partial charge is 0.159 e. The third kappa shape index (κ3) is 5.80. The van der Waals surface area contributed by atoms with E-state index in [2.05, 4.69) is 217 Å². The lowest BCUT2D eigenvalue weighted by molar-refractivity contribution is 0.670. The maximum absolute atomic E-state index is 7.05. The minimum absolute atomic E-state index is 0.848. The Labute approximate surface area is 335 Å². The number of benzene rings is 9. The molecule has 11 aromatic rings. The zero-order valence-corrected chi connectivity index (χ0v) is 31.8. The van der Waals surface area contributed by atoms with Gasteiger partial charge in [0.15, 0.2) is 5.58 Å². The number of para-hydroxylation sites is 2. The second-order valence-corrected chi connectivity index (χ2v) is 15.5. The summed E-state index contributed by atoms with van der Waals surface area (Å²) in [6, 6.07) is 76.2. The highest BCUT2D eigenvalue weighted by Gasteiger charge is 2.22. The van der Waals surface area contributed by atoms with Gasteiger partial charge < -0.3 is 9.32 Å². The molecule has 9 aromatic carbocycles. The highest BCUT2D eigenvalue weighted by molar-refractivity contribution is 7.26. The van der Waals surface area contributed by atoms with Gasteiger partial charge in [-0.15, -0.1) is 11.3 Å². The quantitative estimate of drug-likeness (QED) is 0.162. The molecule has 0 atom stereocenters. The maximum atomic E-state index is 7.05. The van der Waals surface area contributed by atoms with Crippen LogP contribution in [0, 0.1) is 0 Å². The summed E-state index contributed by atoms with van der Waals surface area (Å²) in [4.78, 5) is 2.37. The highest BCUT2D eigenvalue weighted by atomic mass is 32.1. The van der Waals surface area contributed by atoms with E-state index in [1.165, 1.54) is 31.3 Å². The van der Waals surface area contributed by atoms with Crippen LogP contribution in [0.2, 0.25) is 0 Å². The zero-order chi connectivity index (χ0) is 37.7. The van der Waals surface area contributed by atoms with Gasteiger partial charge >= 0.3 is 0 Å². The largest absolute Gasteiger partial charge is 0.453 e. The van der Waals surface area contributed by atoms with Gasteiger partial charge in [0.05, 0.1) is 5.69 Å². The Morgan fingerprint density at radius 2 is 0.860 bits per heavy atom. The van der Waals surface area contributed by atoms with E-state index >= 15 is 0 Å². The predicted octanol–water partition coefficient (Wildman–Crippen LogP) is 16.1. The van der Waals surface area contributed by atoms with Crippen LogP contribution in [0.25, 0.3) is 86.6 Å². The number of hydrogen-bond acceptors (Lipinski definition) is 3. The third-order valence-electron chi connectivity index (χ3n) is 11.1. The summed E-state index contributed by atoms with van der Waals surface area (Å²) < 4.78 is 9.68. The van der Waals surface area contributed by atoms with Gasteiger partial charge in [-0.2, -0.15) is 0 Å². The molecule has 0 bridgehead atoms. The van der Waals surface area contributed by atoms with E-state index in [9.17, 15) is 0 Å². The van der Waals surface area contributed by atoms with Crippen molar-refractivity contribution in [3.05, 3.63) is 212 Å². The first kappa shape index (κ1) is 33.2. The lowest BCUT2D eigenvalue weighted by Gasteiger charge is -2.27. The molecule has 0 aliphatic heterocycles. The summed E-state index contributed by atoms with van der Waals surface area (Å²) in [6.45, 7) is 0. The number of furan rings is 1. The standard InChI is InChI=1S/C54H35NOS/c1-4-15-36(16-5-1)40-33-41(37-17-6-2-7-18-37)35-43(34-40)55(42-31-29-39(30-32-42)45-23-13-26-49-46-21-10-11-28-51(46)57-54(45)49)50-27-14-25-48-47-24-12-22-44(52(47)56-53(48)50)38-19-8-3-9-20-38/h1-35H. The van der Waals surface area contributed by atoms with Gasteiger partial charge in [-0.25, -0.2) is 0 Å². The molecule has 0 radical (unpaired) electrons. The Balaban J connectivity index is 1.14. The maximum Gasteiger partial charge on any atom is 0.159 e. The van der Waals surface area contributed by atoms with Gasteiger partial charge in [0.25, 0.3) is 0 Å². The van der Waals surface area contributed by atoms with Crippen LogP contribution in [0.1, 0.15) is 0 Å². The molecule has 268 valence electrons. The molecule has 0 saturated carbocycles. The molecule has 0 aliphatic rings. The van der Waals surface area contributed by atoms with Crippen LogP contribution < -0.4 is 4.90 Å². The van der Waals surface area contributed by atoms with E-state index in [1.807, 2.05) is 11.3 Å². The van der Waals surface area contributed by atoms with Crippen molar-refractivity contribution in [2.45, 2.75) is 0 Å². The first-order valence-corrected chi connectivity index (χ1v) is 20.1. The first-order valence-electron chi connectivity index (χ1n) is 19.3. The molecule has 0 N–H and O–H groups in total. The SMILES string of the molecule is c1ccc(-c2cc(-c3ccccc3)cc(N(c3ccc(-c4cccc5c4sc4ccccc45)cc3)c3cccc4c3oc3c(-c5ccccc5)cccc34)c2)cc1. The van der Waals surface area contributed by atoms with E-state index < -0.39 is 0 Å². The molecule has 3 heteroatoms. The van der Waals surface area contributed by atoms with Crippen molar-refractivity contribution in [1.82, 2.24) is 0 Å². The molecule has 11 rings (SSSR count). The van der Waals surface area contributed by atoms with Crippen LogP contribution in [0.5, 0.6) is 0 Å². The Morgan fingerprint density at radius 3 is 1.54 bits per heavy atom. The van der Waals surface area contributed by atoms with Gasteiger partial charge in [0.1, 0.15) is 5.58 Å². The molecule has 2 aromatic heterocycles. The molecule has 0 unspecified atom stereocenters. The monoisotopic (exact) mass is 745 g/mol. The van der Waals surface area contributed by atoms with Crippen molar-refractivity contribution in [2.75, 3.05) is 4.90 Å². The second-order valence-electron chi connectivity index (χ2n) is 14.5. The number of anilines is 3. The van der Waals surface area contributed by atoms with E-state index in [4.69, 9.17) is 4.42 Å². The molecule has 0 amide bonds. The van der Waals surface area contributed by atoms with Gasteiger partial charge in [-0.1, -0.05) is 170 Å². The van der Waals surface area contributed by atoms with Crippen molar-refractivity contribution in [1.29, 1.82) is 0 Å². The van der Waals surface area contributed by atoms with Crippen molar-refractivity contribution in [3.63, 3.8) is 0 Å². The summed E-state index contributed by atoms with van der Waals surface area (Å²) in [7, 11) is 0. The van der Waals surface area contributed by atoms with Crippen LogP contribution in [0.15, 0.2) is 217 Å². The van der Waals surface area contributed by atoms with Crippen LogP contribution >= 0.6 is 11.3 Å². The fraction of sp³-hybridized carbons (Fsp3) is 0.